The van der Waals surface area contributed by atoms with E-state index in [1.165, 1.54) is 0 Å². The van der Waals surface area contributed by atoms with Crippen molar-refractivity contribution in [2.24, 2.45) is 5.73 Å². The Bertz CT molecular complexity index is 471. The highest BCUT2D eigenvalue weighted by atomic mass is 35.5. The van der Waals surface area contributed by atoms with E-state index in [0.717, 1.165) is 16.3 Å². The fourth-order valence-corrected chi connectivity index (χ4v) is 2.37. The number of amides is 1. The molecule has 1 aromatic carbocycles. The van der Waals surface area contributed by atoms with Crippen LogP contribution in [0.4, 0.5) is 5.69 Å². The Labute approximate surface area is 129 Å². The van der Waals surface area contributed by atoms with E-state index in [1.807, 2.05) is 18.4 Å². The smallest absolute Gasteiger partial charge is 0.224 e. The maximum atomic E-state index is 11.8. The second-order valence-electron chi connectivity index (χ2n) is 4.14. The largest absolute Gasteiger partial charge is 0.486 e. The molecule has 0 saturated heterocycles. The van der Waals surface area contributed by atoms with Crippen LogP contribution in [-0.4, -0.2) is 31.9 Å². The summed E-state index contributed by atoms with van der Waals surface area (Å²) in [5.74, 6) is 1.38. The number of fused-ring (bicyclic) bond motifs is 1. The van der Waals surface area contributed by atoms with Crippen molar-refractivity contribution in [3.05, 3.63) is 12.1 Å². The number of halogens is 1. The van der Waals surface area contributed by atoms with Crippen LogP contribution in [0.3, 0.4) is 0 Å². The standard InChI is InChI=1S/C13H18N2O3S.ClH/c1-19-12-8-11-10(17-5-6-18-11)7-9(12)15-13(16)3-2-4-14;/h7-8H,2-6,14H2,1H3,(H,15,16);1H. The number of nitrogens with two attached hydrogens (primary N) is 1. The molecule has 0 spiro atoms. The van der Waals surface area contributed by atoms with Crippen molar-refractivity contribution in [3.63, 3.8) is 0 Å². The molecule has 0 aromatic heterocycles. The summed E-state index contributed by atoms with van der Waals surface area (Å²) in [5.41, 5.74) is 6.16. The maximum Gasteiger partial charge on any atom is 0.224 e. The molecule has 0 unspecified atom stereocenters. The topological polar surface area (TPSA) is 73.6 Å². The molecule has 20 heavy (non-hydrogen) atoms. The molecule has 0 saturated carbocycles. The second kappa shape index (κ2) is 8.24. The molecule has 5 nitrogen and oxygen atoms in total. The Morgan fingerprint density at radius 1 is 1.35 bits per heavy atom. The van der Waals surface area contributed by atoms with E-state index < -0.39 is 0 Å². The fourth-order valence-electron chi connectivity index (χ4n) is 1.81. The minimum atomic E-state index is -0.0302. The molecule has 112 valence electrons. The van der Waals surface area contributed by atoms with Crippen LogP contribution in [0.25, 0.3) is 0 Å². The Hall–Kier alpha value is -1.11. The molecule has 7 heteroatoms. The van der Waals surface area contributed by atoms with Gasteiger partial charge in [-0.1, -0.05) is 0 Å². The van der Waals surface area contributed by atoms with Gasteiger partial charge < -0.3 is 20.5 Å². The lowest BCUT2D eigenvalue weighted by atomic mass is 10.2. The van der Waals surface area contributed by atoms with E-state index in [0.29, 0.717) is 38.3 Å². The van der Waals surface area contributed by atoms with Gasteiger partial charge in [0.1, 0.15) is 13.2 Å². The van der Waals surface area contributed by atoms with Gasteiger partial charge in [0.15, 0.2) is 11.5 Å². The lowest BCUT2D eigenvalue weighted by molar-refractivity contribution is -0.116. The van der Waals surface area contributed by atoms with Crippen LogP contribution in [0.5, 0.6) is 11.5 Å². The quantitative estimate of drug-likeness (QED) is 0.815. The molecule has 1 aromatic rings. The Kier molecular flexibility index (Phi) is 6.98. The van der Waals surface area contributed by atoms with Crippen LogP contribution in [0.1, 0.15) is 12.8 Å². The first kappa shape index (κ1) is 16.9. The SMILES string of the molecule is CSc1cc2c(cc1NC(=O)CCCN)OCCO2.Cl. The maximum absolute atomic E-state index is 11.8. The zero-order valence-electron chi connectivity index (χ0n) is 11.3. The average Bonchev–Trinajstić information content (AvgIpc) is 2.44. The highest BCUT2D eigenvalue weighted by Gasteiger charge is 2.16. The van der Waals surface area contributed by atoms with Crippen LogP contribution in [0.15, 0.2) is 17.0 Å². The number of hydrogen-bond acceptors (Lipinski definition) is 5. The number of nitrogens with one attached hydrogen (secondary N) is 1. The number of thioether (sulfide) groups is 1. The van der Waals surface area contributed by atoms with E-state index in [4.69, 9.17) is 15.2 Å². The highest BCUT2D eigenvalue weighted by molar-refractivity contribution is 7.98. The molecular weight excluding hydrogens is 300 g/mol. The van der Waals surface area contributed by atoms with E-state index >= 15 is 0 Å². The highest BCUT2D eigenvalue weighted by Crippen LogP contribution is 2.39. The zero-order chi connectivity index (χ0) is 13.7. The number of rotatable bonds is 5. The number of anilines is 1. The van der Waals surface area contributed by atoms with E-state index in [9.17, 15) is 4.79 Å². The Balaban J connectivity index is 0.00000200. The van der Waals surface area contributed by atoms with Crippen LogP contribution >= 0.6 is 24.2 Å². The number of carbonyl (C=O) groups is 1. The predicted octanol–water partition coefficient (Wildman–Crippen LogP) is 2.28. The van der Waals surface area contributed by atoms with Crippen molar-refractivity contribution in [2.45, 2.75) is 17.7 Å². The lowest BCUT2D eigenvalue weighted by Crippen LogP contribution is -2.17. The van der Waals surface area contributed by atoms with Gasteiger partial charge >= 0.3 is 0 Å². The number of ether oxygens (including phenoxy) is 2. The molecule has 0 atom stereocenters. The first-order valence-electron chi connectivity index (χ1n) is 6.22. The number of benzene rings is 1. The summed E-state index contributed by atoms with van der Waals surface area (Å²) in [5, 5.41) is 2.90. The van der Waals surface area contributed by atoms with Gasteiger partial charge in [-0.2, -0.15) is 0 Å². The summed E-state index contributed by atoms with van der Waals surface area (Å²) in [6.45, 7) is 1.61. The van der Waals surface area contributed by atoms with Crippen LogP contribution in [-0.2, 0) is 4.79 Å². The minimum Gasteiger partial charge on any atom is -0.486 e. The number of hydrogen-bond donors (Lipinski definition) is 2. The fraction of sp³-hybridized carbons (Fsp3) is 0.462. The molecule has 1 amide bonds. The van der Waals surface area contributed by atoms with E-state index in [-0.39, 0.29) is 18.3 Å². The molecule has 0 aliphatic carbocycles. The van der Waals surface area contributed by atoms with Gasteiger partial charge in [0.05, 0.1) is 5.69 Å². The first-order valence-corrected chi connectivity index (χ1v) is 7.44. The van der Waals surface area contributed by atoms with Gasteiger partial charge in [-0.15, -0.1) is 24.2 Å². The third-order valence-corrected chi connectivity index (χ3v) is 3.52. The average molecular weight is 319 g/mol. The lowest BCUT2D eigenvalue weighted by Gasteiger charge is -2.21. The minimum absolute atomic E-state index is 0. The monoisotopic (exact) mass is 318 g/mol. The molecule has 0 fully saturated rings. The van der Waals surface area contributed by atoms with Crippen molar-refractivity contribution in [1.29, 1.82) is 0 Å². The normalized spacial score (nSPS) is 12.5. The van der Waals surface area contributed by atoms with Gasteiger partial charge in [0.2, 0.25) is 5.91 Å². The third kappa shape index (κ3) is 4.19. The molecule has 1 heterocycles. The van der Waals surface area contributed by atoms with Crippen molar-refractivity contribution in [1.82, 2.24) is 0 Å². The van der Waals surface area contributed by atoms with Gasteiger partial charge in [0.25, 0.3) is 0 Å². The summed E-state index contributed by atoms with van der Waals surface area (Å²) < 4.78 is 11.0. The van der Waals surface area contributed by atoms with Crippen molar-refractivity contribution in [3.8, 4) is 11.5 Å². The summed E-state index contributed by atoms with van der Waals surface area (Å²) in [6.07, 6.45) is 3.07. The molecular formula is C13H19ClN2O3S. The zero-order valence-corrected chi connectivity index (χ0v) is 12.9. The molecule has 0 radical (unpaired) electrons. The molecule has 3 N–H and O–H groups in total. The van der Waals surface area contributed by atoms with Crippen molar-refractivity contribution >= 4 is 35.8 Å². The predicted molar refractivity (Wildman–Crippen MR) is 83.4 cm³/mol. The molecule has 1 aliphatic rings. The molecule has 0 bridgehead atoms. The van der Waals surface area contributed by atoms with Crippen molar-refractivity contribution in [2.75, 3.05) is 31.3 Å². The Morgan fingerprint density at radius 3 is 2.60 bits per heavy atom. The van der Waals surface area contributed by atoms with Gasteiger partial charge in [0, 0.05) is 17.4 Å². The second-order valence-corrected chi connectivity index (χ2v) is 4.98. The number of carbonyl (C=O) groups excluding carboxylic acids is 1. The first-order chi connectivity index (χ1) is 9.24. The van der Waals surface area contributed by atoms with E-state index in [1.54, 1.807) is 11.8 Å². The van der Waals surface area contributed by atoms with Crippen LogP contribution in [0, 0.1) is 0 Å². The van der Waals surface area contributed by atoms with Gasteiger partial charge in [-0.05, 0) is 25.3 Å². The summed E-state index contributed by atoms with van der Waals surface area (Å²) in [6, 6.07) is 3.72. The van der Waals surface area contributed by atoms with Crippen LogP contribution in [0.2, 0.25) is 0 Å². The van der Waals surface area contributed by atoms with E-state index in [2.05, 4.69) is 5.32 Å². The summed E-state index contributed by atoms with van der Waals surface area (Å²) in [4.78, 5) is 12.7. The molecule has 1 aliphatic heterocycles. The van der Waals surface area contributed by atoms with Crippen molar-refractivity contribution < 1.29 is 14.3 Å². The van der Waals surface area contributed by atoms with Gasteiger partial charge in [-0.3, -0.25) is 4.79 Å². The summed E-state index contributed by atoms with van der Waals surface area (Å²) >= 11 is 1.56. The Morgan fingerprint density at radius 2 is 2.00 bits per heavy atom. The van der Waals surface area contributed by atoms with Gasteiger partial charge in [-0.25, -0.2) is 0 Å². The van der Waals surface area contributed by atoms with Crippen LogP contribution < -0.4 is 20.5 Å². The molecule has 2 rings (SSSR count). The summed E-state index contributed by atoms with van der Waals surface area (Å²) in [7, 11) is 0. The third-order valence-electron chi connectivity index (χ3n) is 2.75.